The molecule has 0 saturated heterocycles. The van der Waals surface area contributed by atoms with Crippen molar-refractivity contribution in [1.29, 1.82) is 0 Å². The van der Waals surface area contributed by atoms with Crippen molar-refractivity contribution in [3.8, 4) is 0 Å². The maximum absolute atomic E-state index is 12.7. The van der Waals surface area contributed by atoms with Gasteiger partial charge < -0.3 is 35.6 Å². The molecular weight excluding hydrogens is 624 g/mol. The van der Waals surface area contributed by atoms with Gasteiger partial charge in [0.1, 0.15) is 0 Å². The van der Waals surface area contributed by atoms with Crippen molar-refractivity contribution in [2.24, 2.45) is 0 Å². The molecule has 0 amide bonds. The van der Waals surface area contributed by atoms with Crippen molar-refractivity contribution in [3.05, 3.63) is 102 Å². The zero-order valence-corrected chi connectivity index (χ0v) is 26.4. The van der Waals surface area contributed by atoms with Gasteiger partial charge in [0, 0.05) is 35.1 Å². The summed E-state index contributed by atoms with van der Waals surface area (Å²) in [5, 5.41) is 35.8. The van der Waals surface area contributed by atoms with Crippen molar-refractivity contribution >= 4 is 47.8 Å². The number of carboxylic acid groups (broad SMARTS) is 3. The van der Waals surface area contributed by atoms with Crippen LogP contribution in [0.1, 0.15) is 76.4 Å². The summed E-state index contributed by atoms with van der Waals surface area (Å²) in [6.07, 6.45) is 8.57. The van der Waals surface area contributed by atoms with E-state index in [0.29, 0.717) is 50.9 Å². The van der Waals surface area contributed by atoms with Crippen LogP contribution in [0.3, 0.4) is 0 Å². The summed E-state index contributed by atoms with van der Waals surface area (Å²) in [4.78, 5) is 51.0. The summed E-state index contributed by atoms with van der Waals surface area (Å²) in [6.45, 7) is 13.3. The van der Waals surface area contributed by atoms with Gasteiger partial charge in [-0.3, -0.25) is 4.79 Å². The van der Waals surface area contributed by atoms with E-state index in [1.807, 2.05) is 26.8 Å². The molecule has 10 nitrogen and oxygen atoms in total. The van der Waals surface area contributed by atoms with Crippen LogP contribution >= 0.6 is 0 Å². The van der Waals surface area contributed by atoms with Crippen LogP contribution in [0.4, 0.5) is 0 Å². The first-order valence-electron chi connectivity index (χ1n) is 14.2. The van der Waals surface area contributed by atoms with E-state index >= 15 is 0 Å². The molecule has 1 atom stereocenters. The quantitative estimate of drug-likeness (QED) is 0.255. The van der Waals surface area contributed by atoms with Crippen LogP contribution in [0, 0.1) is 20.8 Å². The predicted molar refractivity (Wildman–Crippen MR) is 166 cm³/mol. The number of nitrogens with zero attached hydrogens (tertiary/aromatic N) is 4. The van der Waals surface area contributed by atoms with Crippen molar-refractivity contribution < 1.29 is 46.8 Å². The minimum atomic E-state index is -1.31. The standard InChI is InChI=1S/C34H32N4O6.Cu/c1-7-19-15(3)23-12-25-17(5)21(9-10-29(39)40)32(37-25)22(11-30(41)42)33-31(34(43)44)18(6)26(38-33)14-28-20(8-2)16(4)24(36-28)13-27(19)35-23;/h7,11-14,33H,1,8-10H2,2-6H3,(H,39,40)(H,41,42)(H,43,44);/q-4;/b22-11-,23-12-,26-14-,27-13-;. The molecule has 239 valence electrons. The summed E-state index contributed by atoms with van der Waals surface area (Å²) in [6, 6.07) is -1.20. The molecule has 3 aromatic rings. The van der Waals surface area contributed by atoms with E-state index in [9.17, 15) is 29.7 Å². The van der Waals surface area contributed by atoms with E-state index < -0.39 is 23.9 Å². The Morgan fingerprint density at radius 2 is 1.51 bits per heavy atom. The Morgan fingerprint density at radius 3 is 2.11 bits per heavy atom. The molecule has 0 aliphatic carbocycles. The van der Waals surface area contributed by atoms with Crippen LogP contribution in [0.15, 0.2) is 29.5 Å². The van der Waals surface area contributed by atoms with Crippen molar-refractivity contribution in [1.82, 2.24) is 15.0 Å². The van der Waals surface area contributed by atoms with E-state index in [4.69, 9.17) is 20.3 Å². The van der Waals surface area contributed by atoms with Gasteiger partial charge in [0.2, 0.25) is 0 Å². The molecule has 0 aromatic carbocycles. The zero-order chi connectivity index (χ0) is 32.0. The first-order chi connectivity index (χ1) is 20.9. The maximum Gasteiger partial charge on any atom is 0.330 e. The van der Waals surface area contributed by atoms with Crippen LogP contribution in [-0.4, -0.2) is 39.3 Å². The van der Waals surface area contributed by atoms with Crippen molar-refractivity contribution in [3.63, 3.8) is 0 Å². The Bertz CT molecular complexity index is 1980. The summed E-state index contributed by atoms with van der Waals surface area (Å²) in [7, 11) is 0. The van der Waals surface area contributed by atoms with Crippen LogP contribution in [0.25, 0.3) is 35.2 Å². The topological polar surface area (TPSA) is 168 Å². The van der Waals surface area contributed by atoms with Gasteiger partial charge in [0.25, 0.3) is 0 Å². The molecule has 11 heteroatoms. The van der Waals surface area contributed by atoms with Gasteiger partial charge in [0.15, 0.2) is 0 Å². The van der Waals surface area contributed by atoms with Crippen LogP contribution in [-0.2, 0) is 44.3 Å². The SMILES string of the molecule is C=Cc1c(C)/c2[n-]/c1=C\c1[n-]c(c(CC)c1C)/C=C1\[N-]C(C(C(=O)O)=C1C)/C(=C\C(=O)O)c1[n-]c(c(C)c1CCC(=O)O)\C=2.[Cu]. The molecule has 3 aromatic heterocycles. The molecule has 8 bridgehead atoms. The van der Waals surface area contributed by atoms with E-state index in [1.165, 1.54) is 0 Å². The summed E-state index contributed by atoms with van der Waals surface area (Å²) >= 11 is 0. The molecular formula is C34H32CuN4O6-4. The Kier molecular flexibility index (Phi) is 9.37. The van der Waals surface area contributed by atoms with E-state index in [-0.39, 0.29) is 46.8 Å². The number of hydrogen-bond donors (Lipinski definition) is 3. The third-order valence-corrected chi connectivity index (χ3v) is 8.42. The van der Waals surface area contributed by atoms with Crippen LogP contribution in [0.2, 0.25) is 0 Å². The number of fused-ring (bicyclic) bond motifs is 8. The fourth-order valence-electron chi connectivity index (χ4n) is 6.06. The minimum Gasteiger partial charge on any atom is -0.674 e. The third kappa shape index (κ3) is 5.89. The Balaban J connectivity index is 0.00000461. The Labute approximate surface area is 270 Å². The number of aliphatic carboxylic acids is 3. The summed E-state index contributed by atoms with van der Waals surface area (Å²) in [5.41, 5.74) is 7.54. The summed E-state index contributed by atoms with van der Waals surface area (Å²) in [5.74, 6) is -3.58. The van der Waals surface area contributed by atoms with E-state index in [1.54, 1.807) is 32.1 Å². The second-order valence-corrected chi connectivity index (χ2v) is 10.9. The first-order valence-corrected chi connectivity index (χ1v) is 14.2. The van der Waals surface area contributed by atoms with E-state index in [2.05, 4.69) is 6.58 Å². The van der Waals surface area contributed by atoms with Gasteiger partial charge in [-0.25, -0.2) is 9.59 Å². The molecule has 0 spiro atoms. The third-order valence-electron chi connectivity index (χ3n) is 8.42. The van der Waals surface area contributed by atoms with Crippen LogP contribution in [0.5, 0.6) is 0 Å². The molecule has 2 aliphatic rings. The van der Waals surface area contributed by atoms with Gasteiger partial charge in [-0.1, -0.05) is 82.8 Å². The Hall–Kier alpha value is -4.73. The van der Waals surface area contributed by atoms with E-state index in [0.717, 1.165) is 34.0 Å². The number of allylic oxidation sites excluding steroid dienone is 1. The zero-order valence-electron chi connectivity index (χ0n) is 25.4. The number of carbonyl (C=O) groups is 3. The summed E-state index contributed by atoms with van der Waals surface area (Å²) < 4.78 is 0. The largest absolute Gasteiger partial charge is 0.674 e. The fourth-order valence-corrected chi connectivity index (χ4v) is 6.06. The second-order valence-electron chi connectivity index (χ2n) is 10.9. The number of rotatable bonds is 7. The molecule has 0 fully saturated rings. The minimum absolute atomic E-state index is 0. The predicted octanol–water partition coefficient (Wildman–Crippen LogP) is 3.34. The van der Waals surface area contributed by atoms with Crippen LogP contribution < -0.4 is 25.7 Å². The molecule has 0 saturated carbocycles. The van der Waals surface area contributed by atoms with Crippen molar-refractivity contribution in [2.75, 3.05) is 0 Å². The van der Waals surface area contributed by atoms with Crippen molar-refractivity contribution in [2.45, 2.75) is 59.9 Å². The smallest absolute Gasteiger partial charge is 0.330 e. The van der Waals surface area contributed by atoms with Gasteiger partial charge in [-0.2, -0.15) is 0 Å². The number of aromatic nitrogens is 3. The average molecular weight is 656 g/mol. The normalized spacial score (nSPS) is 19.0. The molecule has 1 radical (unpaired) electrons. The molecule has 5 rings (SSSR count). The monoisotopic (exact) mass is 655 g/mol. The Morgan fingerprint density at radius 1 is 0.867 bits per heavy atom. The maximum atomic E-state index is 12.7. The molecule has 1 unspecified atom stereocenters. The van der Waals surface area contributed by atoms with Gasteiger partial charge in [-0.15, -0.1) is 39.2 Å². The second kappa shape index (κ2) is 12.7. The fraction of sp³-hybridized carbons (Fsp3) is 0.265. The average Bonchev–Trinajstić information content (AvgIpc) is 3.63. The van der Waals surface area contributed by atoms with Gasteiger partial charge >= 0.3 is 17.9 Å². The first kappa shape index (κ1) is 33.2. The van der Waals surface area contributed by atoms with Gasteiger partial charge in [0.05, 0.1) is 0 Å². The number of carboxylic acids is 3. The van der Waals surface area contributed by atoms with Gasteiger partial charge in [-0.05, 0) is 46.1 Å². The molecule has 45 heavy (non-hydrogen) atoms. The molecule has 2 aliphatic heterocycles. The molecule has 3 N–H and O–H groups in total. The molecule has 5 heterocycles. The number of hydrogen-bond acceptors (Lipinski definition) is 3.